The fourth-order valence-corrected chi connectivity index (χ4v) is 3.48. The van der Waals surface area contributed by atoms with Crippen molar-refractivity contribution >= 4 is 32.5 Å². The van der Waals surface area contributed by atoms with Crippen LogP contribution < -0.4 is 29.6 Å². The Balaban J connectivity index is -0.000000619. The molecule has 3 unspecified atom stereocenters. The maximum Gasteiger partial charge on any atom is 1.00 e. The minimum Gasteiger partial charge on any atom is -1.00 e. The molecule has 0 aliphatic carbocycles. The van der Waals surface area contributed by atoms with Crippen molar-refractivity contribution in [2.24, 2.45) is 11.8 Å². The normalized spacial score (nSPS) is 14.0. The zero-order valence-corrected chi connectivity index (χ0v) is 24.6. The van der Waals surface area contributed by atoms with Gasteiger partial charge in [0.2, 0.25) is 0 Å². The number of carbonyl (C=O) groups excluding carboxylic acids is 2. The number of esters is 2. The van der Waals surface area contributed by atoms with Crippen molar-refractivity contribution in [2.45, 2.75) is 90.7 Å². The van der Waals surface area contributed by atoms with Gasteiger partial charge in [0.1, 0.15) is 0 Å². The Hall–Kier alpha value is -0.280. The molecule has 200 valence electrons. The summed E-state index contributed by atoms with van der Waals surface area (Å²) in [5.74, 6) is -1.61. The van der Waals surface area contributed by atoms with E-state index in [-0.39, 0.29) is 56.0 Å². The first-order chi connectivity index (χ1) is 15.2. The second-order valence-electron chi connectivity index (χ2n) is 7.80. The van der Waals surface area contributed by atoms with E-state index in [0.717, 1.165) is 51.4 Å². The molecule has 0 radical (unpaired) electrons. The fourth-order valence-electron chi connectivity index (χ4n) is 2.82. The first-order valence-electron chi connectivity index (χ1n) is 11.2. The second kappa shape index (κ2) is 20.9. The molecule has 11 nitrogen and oxygen atoms in total. The van der Waals surface area contributed by atoms with E-state index in [0.29, 0.717) is 0 Å². The molecule has 0 aromatic heterocycles. The molecule has 0 rings (SSSR count). The van der Waals surface area contributed by atoms with Gasteiger partial charge in [0.25, 0.3) is 10.1 Å². The Kier molecular flexibility index (Phi) is 23.5. The third kappa shape index (κ3) is 23.5. The number of ether oxygens (including phenoxy) is 2. The standard InChI is InChI=1S/C20H38O7S.Na.H2O4S.H/c1-5-9-11-16(7-3)14-26-19(21)13-18(28(23,24)25)20(22)27-15-17(8-4)12-10-6-2;;1-5(2,3)4;/h16-18H,5-15H2,1-4H3,(H,23,24,25);;(H2,1,2,3,4);/q;+1;;-1. The van der Waals surface area contributed by atoms with Gasteiger partial charge in [-0.05, 0) is 24.7 Å². The van der Waals surface area contributed by atoms with Gasteiger partial charge in [-0.25, -0.2) is 0 Å². The second-order valence-corrected chi connectivity index (χ2v) is 10.3. The van der Waals surface area contributed by atoms with Gasteiger partial charge in [0.05, 0.1) is 19.6 Å². The number of hydrogen-bond donors (Lipinski definition) is 3. The number of carbonyl (C=O) groups is 2. The Bertz CT molecular complexity index is 753. The first kappa shape index (κ1) is 38.3. The summed E-state index contributed by atoms with van der Waals surface area (Å²) in [7, 11) is -9.43. The van der Waals surface area contributed by atoms with Gasteiger partial charge in [-0.1, -0.05) is 66.2 Å². The van der Waals surface area contributed by atoms with Crippen molar-refractivity contribution in [1.29, 1.82) is 0 Å². The zero-order valence-electron chi connectivity index (χ0n) is 21.9. The summed E-state index contributed by atoms with van der Waals surface area (Å²) in [4.78, 5) is 24.2. The van der Waals surface area contributed by atoms with Crippen molar-refractivity contribution < 1.29 is 80.5 Å². The van der Waals surface area contributed by atoms with Crippen LogP contribution in [0.1, 0.15) is 86.9 Å². The Labute approximate surface area is 227 Å². The molecule has 3 atom stereocenters. The van der Waals surface area contributed by atoms with Crippen LogP contribution in [0.4, 0.5) is 0 Å². The average Bonchev–Trinajstić information content (AvgIpc) is 2.70. The quantitative estimate of drug-likeness (QED) is 0.141. The maximum absolute atomic E-state index is 12.2. The molecular formula is C20H41NaO11S2. The van der Waals surface area contributed by atoms with Gasteiger partial charge >= 0.3 is 51.9 Å². The number of unbranched alkanes of at least 4 members (excludes halogenated alkanes) is 2. The van der Waals surface area contributed by atoms with Gasteiger partial charge in [-0.2, -0.15) is 16.8 Å². The molecule has 0 aliphatic heterocycles. The summed E-state index contributed by atoms with van der Waals surface area (Å²) in [6.45, 7) is 8.35. The number of hydrogen-bond acceptors (Lipinski definition) is 8. The molecule has 0 spiro atoms. The summed E-state index contributed by atoms with van der Waals surface area (Å²) >= 11 is 0. The molecular weight excluding hydrogens is 503 g/mol. The molecule has 0 bridgehead atoms. The van der Waals surface area contributed by atoms with E-state index in [4.69, 9.17) is 27.0 Å². The van der Waals surface area contributed by atoms with Gasteiger partial charge in [-0.3, -0.25) is 23.2 Å². The van der Waals surface area contributed by atoms with Gasteiger partial charge < -0.3 is 10.9 Å². The molecule has 14 heteroatoms. The third-order valence-electron chi connectivity index (χ3n) is 5.00. The Morgan fingerprint density at radius 2 is 1.18 bits per heavy atom. The summed E-state index contributed by atoms with van der Waals surface area (Å²) in [5.41, 5.74) is 0. The smallest absolute Gasteiger partial charge is 1.00 e. The van der Waals surface area contributed by atoms with Crippen molar-refractivity contribution in [1.82, 2.24) is 0 Å². The van der Waals surface area contributed by atoms with E-state index in [1.165, 1.54) is 0 Å². The minimum atomic E-state index is -4.76. The summed E-state index contributed by atoms with van der Waals surface area (Å²) in [6, 6.07) is 0. The predicted octanol–water partition coefficient (Wildman–Crippen LogP) is 0.616. The molecule has 34 heavy (non-hydrogen) atoms. The molecule has 0 aromatic carbocycles. The molecule has 0 saturated heterocycles. The van der Waals surface area contributed by atoms with E-state index in [2.05, 4.69) is 13.8 Å². The van der Waals surface area contributed by atoms with Crippen molar-refractivity contribution in [3.63, 3.8) is 0 Å². The van der Waals surface area contributed by atoms with E-state index in [1.807, 2.05) is 13.8 Å². The molecule has 3 N–H and O–H groups in total. The molecule has 0 amide bonds. The predicted molar refractivity (Wildman–Crippen MR) is 124 cm³/mol. The molecule has 0 aromatic rings. The van der Waals surface area contributed by atoms with Crippen LogP contribution in [0.15, 0.2) is 0 Å². The van der Waals surface area contributed by atoms with Gasteiger partial charge in [0, 0.05) is 0 Å². The van der Waals surface area contributed by atoms with Crippen LogP contribution in [0.5, 0.6) is 0 Å². The van der Waals surface area contributed by atoms with E-state index in [1.54, 1.807) is 0 Å². The van der Waals surface area contributed by atoms with Gasteiger partial charge in [0.15, 0.2) is 5.25 Å². The summed E-state index contributed by atoms with van der Waals surface area (Å²) in [5, 5.41) is -1.95. The monoisotopic (exact) mass is 544 g/mol. The Morgan fingerprint density at radius 3 is 1.50 bits per heavy atom. The van der Waals surface area contributed by atoms with Crippen molar-refractivity contribution in [3.05, 3.63) is 0 Å². The molecule has 0 aliphatic rings. The number of rotatable bonds is 16. The fraction of sp³-hybridized carbons (Fsp3) is 0.900. The van der Waals surface area contributed by atoms with E-state index >= 15 is 0 Å². The maximum atomic E-state index is 12.2. The average molecular weight is 545 g/mol. The molecule has 0 saturated carbocycles. The van der Waals surface area contributed by atoms with Crippen LogP contribution >= 0.6 is 0 Å². The topological polar surface area (TPSA) is 182 Å². The summed E-state index contributed by atoms with van der Waals surface area (Å²) in [6.07, 6.45) is 6.74. The van der Waals surface area contributed by atoms with Gasteiger partial charge in [-0.15, -0.1) is 0 Å². The van der Waals surface area contributed by atoms with Crippen LogP contribution in [-0.4, -0.2) is 60.9 Å². The van der Waals surface area contributed by atoms with E-state index in [9.17, 15) is 22.6 Å². The molecule has 0 heterocycles. The van der Waals surface area contributed by atoms with Crippen LogP contribution in [0.25, 0.3) is 0 Å². The zero-order chi connectivity index (χ0) is 26.1. The van der Waals surface area contributed by atoms with Crippen LogP contribution in [0, 0.1) is 11.8 Å². The van der Waals surface area contributed by atoms with Crippen molar-refractivity contribution in [3.8, 4) is 0 Å². The van der Waals surface area contributed by atoms with E-state index < -0.39 is 44.1 Å². The first-order valence-corrected chi connectivity index (χ1v) is 14.1. The third-order valence-corrected chi connectivity index (χ3v) is 6.08. The van der Waals surface area contributed by atoms with Crippen LogP contribution in [0.3, 0.4) is 0 Å². The van der Waals surface area contributed by atoms with Crippen LogP contribution in [-0.2, 0) is 39.6 Å². The largest absolute Gasteiger partial charge is 1.00 e. The van der Waals surface area contributed by atoms with Crippen molar-refractivity contribution in [2.75, 3.05) is 13.2 Å². The molecule has 0 fully saturated rings. The van der Waals surface area contributed by atoms with Crippen LogP contribution in [0.2, 0.25) is 0 Å². The SMILES string of the molecule is CCCCC(CC)COC(=O)CC(C(=O)OCC(CC)CCCC)S(=O)(=O)O.O=S(=O)(O)O.[H-].[Na+]. The Morgan fingerprint density at radius 1 is 0.794 bits per heavy atom. The minimum absolute atomic E-state index is 0. The summed E-state index contributed by atoms with van der Waals surface area (Å²) < 4.78 is 74.3.